The highest BCUT2D eigenvalue weighted by Gasteiger charge is 2.22. The summed E-state index contributed by atoms with van der Waals surface area (Å²) in [6.07, 6.45) is 1.45. The van der Waals surface area contributed by atoms with E-state index in [1.165, 1.54) is 29.8 Å². The number of anilines is 1. The van der Waals surface area contributed by atoms with Crippen molar-refractivity contribution in [1.29, 1.82) is 0 Å². The monoisotopic (exact) mass is 677 g/mol. The van der Waals surface area contributed by atoms with Crippen LogP contribution in [-0.2, 0) is 6.54 Å². The maximum atomic E-state index is 13.6. The van der Waals surface area contributed by atoms with Crippen molar-refractivity contribution in [3.8, 4) is 0 Å². The first-order chi connectivity index (χ1) is 20.5. The van der Waals surface area contributed by atoms with Gasteiger partial charge in [-0.15, -0.1) is 37.2 Å². The molecule has 1 aliphatic heterocycles. The second-order valence-corrected chi connectivity index (χ2v) is 11.3. The van der Waals surface area contributed by atoms with E-state index in [0.29, 0.717) is 13.1 Å². The number of benzene rings is 4. The summed E-state index contributed by atoms with van der Waals surface area (Å²) in [5.41, 5.74) is 4.45. The summed E-state index contributed by atoms with van der Waals surface area (Å²) in [5.74, 6) is -0.391. The van der Waals surface area contributed by atoms with Gasteiger partial charge >= 0.3 is 0 Å². The fraction of sp³-hybridized carbons (Fsp3) is 0.333. The van der Waals surface area contributed by atoms with Gasteiger partial charge in [0.2, 0.25) is 0 Å². The Labute approximate surface area is 285 Å². The number of β-amino-alcohol motifs (C(OH)–C–C–N with tert-alkyl or cyclic N) is 1. The quantitative estimate of drug-likeness (QED) is 0.156. The van der Waals surface area contributed by atoms with Gasteiger partial charge in [0.25, 0.3) is 0 Å². The van der Waals surface area contributed by atoms with Crippen molar-refractivity contribution >= 4 is 42.9 Å². The number of hydrogen-bond acceptors (Lipinski definition) is 4. The van der Waals surface area contributed by atoms with Crippen LogP contribution < -0.4 is 4.90 Å². The molecular weight excluding hydrogens is 635 g/mol. The van der Waals surface area contributed by atoms with Crippen molar-refractivity contribution in [3.63, 3.8) is 0 Å². The minimum absolute atomic E-state index is 0. The molecule has 0 bridgehead atoms. The molecule has 1 saturated heterocycles. The third-order valence-electron chi connectivity index (χ3n) is 8.21. The number of piperazine rings is 1. The molecule has 1 fully saturated rings. The van der Waals surface area contributed by atoms with Crippen LogP contribution in [0, 0.1) is 11.6 Å². The molecule has 0 saturated carbocycles. The second-order valence-electron chi connectivity index (χ2n) is 11.3. The molecular formula is C36H44Cl3F2N3O. The van der Waals surface area contributed by atoms with Crippen molar-refractivity contribution < 1.29 is 13.9 Å². The molecule has 4 aromatic carbocycles. The van der Waals surface area contributed by atoms with E-state index in [0.717, 1.165) is 68.9 Å². The van der Waals surface area contributed by atoms with Crippen LogP contribution in [0.1, 0.15) is 35.4 Å². The van der Waals surface area contributed by atoms with E-state index >= 15 is 0 Å². The standard InChI is InChI=1S/C36H41F2N3O.3ClH/c37-32-17-13-30(14-18-32)36(31-15-19-33(38)20-16-31)12-7-21-39-22-24-40(25-23-39)27-35(42)28-41(34-10-5-2-6-11-34)26-29-8-3-1-4-9-29;;;/h1-6,8-11,13-20,35-36,42H,7,12,21-28H2;3*1H. The van der Waals surface area contributed by atoms with E-state index < -0.39 is 6.10 Å². The molecule has 0 spiro atoms. The fourth-order valence-electron chi connectivity index (χ4n) is 5.94. The zero-order valence-electron chi connectivity index (χ0n) is 25.4. The largest absolute Gasteiger partial charge is 0.390 e. The lowest BCUT2D eigenvalue weighted by Crippen LogP contribution is -2.50. The highest BCUT2D eigenvalue weighted by Crippen LogP contribution is 2.30. The summed E-state index contributed by atoms with van der Waals surface area (Å²) in [6.45, 7) is 6.77. The molecule has 0 aromatic heterocycles. The molecule has 1 atom stereocenters. The number of aliphatic hydroxyl groups is 1. The Morgan fingerprint density at radius 2 is 1.13 bits per heavy atom. The molecule has 4 nitrogen and oxygen atoms in total. The zero-order chi connectivity index (χ0) is 29.1. The number of hydrogen-bond donors (Lipinski definition) is 1. The van der Waals surface area contributed by atoms with Gasteiger partial charge in [-0.2, -0.15) is 0 Å². The topological polar surface area (TPSA) is 30.0 Å². The number of halogens is 5. The van der Waals surface area contributed by atoms with Crippen LogP contribution in [0.25, 0.3) is 0 Å². The van der Waals surface area contributed by atoms with Crippen molar-refractivity contribution in [2.24, 2.45) is 0 Å². The van der Waals surface area contributed by atoms with Gasteiger partial charge in [-0.05, 0) is 72.5 Å². The Bertz CT molecular complexity index is 1300. The summed E-state index contributed by atoms with van der Waals surface area (Å²) in [5, 5.41) is 11.1. The minimum atomic E-state index is -0.451. The predicted molar refractivity (Wildman–Crippen MR) is 188 cm³/mol. The third kappa shape index (κ3) is 11.9. The summed E-state index contributed by atoms with van der Waals surface area (Å²) in [6, 6.07) is 34.1. The van der Waals surface area contributed by atoms with E-state index in [2.05, 4.69) is 51.1 Å². The molecule has 9 heteroatoms. The van der Waals surface area contributed by atoms with Crippen LogP contribution in [0.15, 0.2) is 109 Å². The van der Waals surface area contributed by atoms with Gasteiger partial charge < -0.3 is 14.9 Å². The van der Waals surface area contributed by atoms with Crippen molar-refractivity contribution in [2.45, 2.75) is 31.4 Å². The Balaban J connectivity index is 0.00000235. The number of nitrogens with zero attached hydrogens (tertiary/aromatic N) is 3. The highest BCUT2D eigenvalue weighted by molar-refractivity contribution is 5.86. The predicted octanol–water partition coefficient (Wildman–Crippen LogP) is 7.83. The maximum Gasteiger partial charge on any atom is 0.123 e. The van der Waals surface area contributed by atoms with Gasteiger partial charge in [-0.3, -0.25) is 4.90 Å². The van der Waals surface area contributed by atoms with E-state index in [-0.39, 0.29) is 54.8 Å². The number of aliphatic hydroxyl groups excluding tert-OH is 1. The number of para-hydroxylation sites is 1. The van der Waals surface area contributed by atoms with Gasteiger partial charge in [-0.1, -0.05) is 72.8 Å². The normalized spacial score (nSPS) is 14.1. The molecule has 5 rings (SSSR count). The lowest BCUT2D eigenvalue weighted by Gasteiger charge is -2.37. The van der Waals surface area contributed by atoms with E-state index in [1.54, 1.807) is 0 Å². The Hall–Kier alpha value is -2.71. The minimum Gasteiger partial charge on any atom is -0.390 e. The SMILES string of the molecule is Cl.Cl.Cl.OC(CN1CCN(CCCC(c2ccc(F)cc2)c2ccc(F)cc2)CC1)CN(Cc1ccccc1)c1ccccc1. The van der Waals surface area contributed by atoms with Gasteiger partial charge in [-0.25, -0.2) is 8.78 Å². The smallest absolute Gasteiger partial charge is 0.123 e. The van der Waals surface area contributed by atoms with Crippen LogP contribution in [0.2, 0.25) is 0 Å². The lowest BCUT2D eigenvalue weighted by atomic mass is 9.87. The highest BCUT2D eigenvalue weighted by atomic mass is 35.5. The summed E-state index contributed by atoms with van der Waals surface area (Å²) < 4.78 is 27.1. The van der Waals surface area contributed by atoms with Crippen LogP contribution in [0.4, 0.5) is 14.5 Å². The van der Waals surface area contributed by atoms with E-state index in [4.69, 9.17) is 0 Å². The van der Waals surface area contributed by atoms with Gasteiger partial charge in [0, 0.05) is 57.4 Å². The molecule has 45 heavy (non-hydrogen) atoms. The average molecular weight is 679 g/mol. The van der Waals surface area contributed by atoms with Crippen LogP contribution >= 0.6 is 37.2 Å². The van der Waals surface area contributed by atoms with Crippen LogP contribution in [0.3, 0.4) is 0 Å². The summed E-state index contributed by atoms with van der Waals surface area (Å²) in [4.78, 5) is 7.11. The van der Waals surface area contributed by atoms with E-state index in [9.17, 15) is 13.9 Å². The molecule has 0 radical (unpaired) electrons. The van der Waals surface area contributed by atoms with E-state index in [1.807, 2.05) is 48.5 Å². The van der Waals surface area contributed by atoms with Gasteiger partial charge in [0.1, 0.15) is 11.6 Å². The zero-order valence-corrected chi connectivity index (χ0v) is 27.8. The average Bonchev–Trinajstić information content (AvgIpc) is 3.02. The fourth-order valence-corrected chi connectivity index (χ4v) is 5.94. The first kappa shape index (κ1) is 38.5. The maximum absolute atomic E-state index is 13.6. The third-order valence-corrected chi connectivity index (χ3v) is 8.21. The first-order valence-electron chi connectivity index (χ1n) is 15.0. The first-order valence-corrected chi connectivity index (χ1v) is 15.0. The van der Waals surface area contributed by atoms with Gasteiger partial charge in [0.05, 0.1) is 6.10 Å². The molecule has 1 aliphatic rings. The van der Waals surface area contributed by atoms with Crippen LogP contribution in [0.5, 0.6) is 0 Å². The van der Waals surface area contributed by atoms with Crippen molar-refractivity contribution in [3.05, 3.63) is 138 Å². The number of rotatable bonds is 13. The molecule has 0 amide bonds. The summed E-state index contributed by atoms with van der Waals surface area (Å²) in [7, 11) is 0. The Morgan fingerprint density at radius 1 is 0.644 bits per heavy atom. The van der Waals surface area contributed by atoms with Crippen molar-refractivity contribution in [1.82, 2.24) is 9.80 Å². The molecule has 1 unspecified atom stereocenters. The van der Waals surface area contributed by atoms with Crippen molar-refractivity contribution in [2.75, 3.05) is 50.7 Å². The summed E-state index contributed by atoms with van der Waals surface area (Å²) >= 11 is 0. The molecule has 1 N–H and O–H groups in total. The Morgan fingerprint density at radius 3 is 1.67 bits per heavy atom. The Kier molecular flexibility index (Phi) is 16.9. The van der Waals surface area contributed by atoms with Crippen LogP contribution in [-0.4, -0.2) is 66.8 Å². The molecule has 244 valence electrons. The van der Waals surface area contributed by atoms with Gasteiger partial charge in [0.15, 0.2) is 0 Å². The second kappa shape index (κ2) is 19.7. The lowest BCUT2D eigenvalue weighted by molar-refractivity contribution is 0.0747. The molecule has 4 aromatic rings. The molecule has 1 heterocycles. The molecule has 0 aliphatic carbocycles.